The second kappa shape index (κ2) is 7.72. The highest BCUT2D eigenvalue weighted by Crippen LogP contribution is 2.43. The van der Waals surface area contributed by atoms with Crippen molar-refractivity contribution in [2.75, 3.05) is 12.0 Å². The Kier molecular flexibility index (Phi) is 5.09. The average molecular weight is 424 g/mol. The predicted molar refractivity (Wildman–Crippen MR) is 111 cm³/mol. The molecule has 0 aliphatic carbocycles. The number of rotatable bonds is 4. The van der Waals surface area contributed by atoms with Crippen LogP contribution in [0.4, 0.5) is 9.52 Å². The third-order valence-corrected chi connectivity index (χ3v) is 5.67. The third-order valence-electron chi connectivity index (χ3n) is 4.90. The normalized spacial score (nSPS) is 18.1. The number of amides is 1. The standard InChI is InChI=1S/C22H17FN2O4S/c1-12-10-14(6-7-16(12)29-2)19(26)17-18(13-4-3-5-15(23)11-13)25(21(28)20(17)27)22-24-8-9-30-22/h3-11,18,26H,1-2H3/b19-17+/t18-/m1/s1. The Labute approximate surface area is 175 Å². The Morgan fingerprint density at radius 3 is 2.67 bits per heavy atom. The summed E-state index contributed by atoms with van der Waals surface area (Å²) in [6.07, 6.45) is 1.51. The van der Waals surface area contributed by atoms with Crippen LogP contribution >= 0.6 is 11.3 Å². The molecule has 1 fully saturated rings. The lowest BCUT2D eigenvalue weighted by molar-refractivity contribution is -0.132. The van der Waals surface area contributed by atoms with E-state index in [2.05, 4.69) is 4.98 Å². The number of thiazole rings is 1. The number of Topliss-reactive ketones (excluding diaryl/α,β-unsaturated/α-hetero) is 1. The summed E-state index contributed by atoms with van der Waals surface area (Å²) < 4.78 is 19.2. The van der Waals surface area contributed by atoms with E-state index in [1.54, 1.807) is 36.6 Å². The molecule has 1 N–H and O–H groups in total. The molecular weight excluding hydrogens is 407 g/mol. The lowest BCUT2D eigenvalue weighted by atomic mass is 9.95. The number of ketones is 1. The van der Waals surface area contributed by atoms with E-state index in [9.17, 15) is 19.1 Å². The highest BCUT2D eigenvalue weighted by molar-refractivity contribution is 7.14. The zero-order chi connectivity index (χ0) is 21.4. The number of methoxy groups -OCH3 is 1. The first kappa shape index (κ1) is 19.8. The molecular formula is C22H17FN2O4S. The molecule has 1 atom stereocenters. The maximum Gasteiger partial charge on any atom is 0.301 e. The lowest BCUT2D eigenvalue weighted by Crippen LogP contribution is -2.29. The molecule has 0 spiro atoms. The highest BCUT2D eigenvalue weighted by Gasteiger charge is 2.48. The number of aryl methyl sites for hydroxylation is 1. The summed E-state index contributed by atoms with van der Waals surface area (Å²) in [4.78, 5) is 31.2. The van der Waals surface area contributed by atoms with Crippen LogP contribution < -0.4 is 9.64 Å². The summed E-state index contributed by atoms with van der Waals surface area (Å²) >= 11 is 1.17. The van der Waals surface area contributed by atoms with E-state index in [-0.39, 0.29) is 16.5 Å². The minimum atomic E-state index is -1.01. The molecule has 6 nitrogen and oxygen atoms in total. The molecule has 4 rings (SSSR count). The molecule has 1 amide bonds. The van der Waals surface area contributed by atoms with Crippen molar-refractivity contribution in [1.29, 1.82) is 0 Å². The summed E-state index contributed by atoms with van der Waals surface area (Å²) in [6, 6.07) is 9.52. The molecule has 3 aromatic rings. The van der Waals surface area contributed by atoms with E-state index in [1.165, 1.54) is 47.7 Å². The quantitative estimate of drug-likeness (QED) is 0.385. The molecule has 2 heterocycles. The Hall–Kier alpha value is -3.52. The van der Waals surface area contributed by atoms with Crippen LogP contribution in [0.2, 0.25) is 0 Å². The van der Waals surface area contributed by atoms with Crippen molar-refractivity contribution in [3.8, 4) is 5.75 Å². The van der Waals surface area contributed by atoms with Gasteiger partial charge in [-0.05, 0) is 48.4 Å². The van der Waals surface area contributed by atoms with E-state index in [0.717, 1.165) is 5.56 Å². The molecule has 30 heavy (non-hydrogen) atoms. The van der Waals surface area contributed by atoms with E-state index in [4.69, 9.17) is 4.74 Å². The molecule has 1 saturated heterocycles. The third kappa shape index (κ3) is 3.25. The molecule has 2 aromatic carbocycles. The van der Waals surface area contributed by atoms with Crippen molar-refractivity contribution in [2.24, 2.45) is 0 Å². The number of hydrogen-bond acceptors (Lipinski definition) is 6. The average Bonchev–Trinajstić information content (AvgIpc) is 3.34. The van der Waals surface area contributed by atoms with Crippen molar-refractivity contribution in [2.45, 2.75) is 13.0 Å². The van der Waals surface area contributed by atoms with Crippen molar-refractivity contribution in [3.05, 3.63) is 82.1 Å². The van der Waals surface area contributed by atoms with Crippen molar-refractivity contribution < 1.29 is 23.8 Å². The highest BCUT2D eigenvalue weighted by atomic mass is 32.1. The number of aliphatic hydroxyl groups excluding tert-OH is 1. The fourth-order valence-electron chi connectivity index (χ4n) is 3.54. The maximum atomic E-state index is 14.0. The van der Waals surface area contributed by atoms with Crippen LogP contribution in [0.25, 0.3) is 5.76 Å². The number of aromatic nitrogens is 1. The van der Waals surface area contributed by atoms with Gasteiger partial charge >= 0.3 is 5.91 Å². The van der Waals surface area contributed by atoms with Crippen molar-refractivity contribution in [1.82, 2.24) is 4.98 Å². The summed E-state index contributed by atoms with van der Waals surface area (Å²) in [5.74, 6) is -1.92. The summed E-state index contributed by atoms with van der Waals surface area (Å²) in [5.41, 5.74) is 1.34. The fourth-order valence-corrected chi connectivity index (χ4v) is 4.21. The molecule has 1 aromatic heterocycles. The second-order valence-corrected chi connectivity index (χ2v) is 7.60. The molecule has 0 saturated carbocycles. The SMILES string of the molecule is COc1ccc(/C(O)=C2\C(=O)C(=O)N(c3nccs3)[C@@H]2c2cccc(F)c2)cc1C. The van der Waals surface area contributed by atoms with Gasteiger partial charge in [-0.25, -0.2) is 9.37 Å². The molecule has 1 aliphatic heterocycles. The minimum Gasteiger partial charge on any atom is -0.507 e. The van der Waals surface area contributed by atoms with Gasteiger partial charge in [0.1, 0.15) is 17.3 Å². The van der Waals surface area contributed by atoms with Crippen molar-refractivity contribution in [3.63, 3.8) is 0 Å². The number of ether oxygens (including phenoxy) is 1. The van der Waals surface area contributed by atoms with Crippen LogP contribution in [-0.2, 0) is 9.59 Å². The number of halogens is 1. The lowest BCUT2D eigenvalue weighted by Gasteiger charge is -2.23. The van der Waals surface area contributed by atoms with E-state index in [1.807, 2.05) is 0 Å². The van der Waals surface area contributed by atoms with Crippen LogP contribution in [0.15, 0.2) is 59.6 Å². The van der Waals surface area contributed by atoms with Gasteiger partial charge in [0, 0.05) is 17.1 Å². The minimum absolute atomic E-state index is 0.120. The number of aliphatic hydroxyl groups is 1. The van der Waals surface area contributed by atoms with Gasteiger partial charge in [0.25, 0.3) is 5.78 Å². The van der Waals surface area contributed by atoms with Gasteiger partial charge in [0.2, 0.25) is 0 Å². The number of carbonyl (C=O) groups excluding carboxylic acids is 2. The summed E-state index contributed by atoms with van der Waals surface area (Å²) in [5, 5.41) is 13.0. The first-order valence-corrected chi connectivity index (χ1v) is 9.91. The Morgan fingerprint density at radius 2 is 2.03 bits per heavy atom. The molecule has 152 valence electrons. The fraction of sp³-hybridized carbons (Fsp3) is 0.136. The first-order chi connectivity index (χ1) is 14.4. The van der Waals surface area contributed by atoms with Gasteiger partial charge in [-0.2, -0.15) is 0 Å². The Bertz CT molecular complexity index is 1170. The monoisotopic (exact) mass is 424 g/mol. The Morgan fingerprint density at radius 1 is 1.23 bits per heavy atom. The van der Waals surface area contributed by atoms with Gasteiger partial charge < -0.3 is 9.84 Å². The summed E-state index contributed by atoms with van der Waals surface area (Å²) in [6.45, 7) is 1.80. The van der Waals surface area contributed by atoms with Crippen LogP contribution in [0.1, 0.15) is 22.7 Å². The predicted octanol–water partition coefficient (Wildman–Crippen LogP) is 4.23. The van der Waals surface area contributed by atoms with E-state index >= 15 is 0 Å². The Balaban J connectivity index is 1.94. The van der Waals surface area contributed by atoms with Gasteiger partial charge in [-0.3, -0.25) is 14.5 Å². The maximum absolute atomic E-state index is 14.0. The molecule has 0 bridgehead atoms. The van der Waals surface area contributed by atoms with Gasteiger partial charge in [0.05, 0.1) is 18.7 Å². The number of benzene rings is 2. The molecule has 0 unspecified atom stereocenters. The number of carbonyl (C=O) groups is 2. The number of hydrogen-bond donors (Lipinski definition) is 1. The van der Waals surface area contributed by atoms with Gasteiger partial charge in [-0.15, -0.1) is 11.3 Å². The number of nitrogens with zero attached hydrogens (tertiary/aromatic N) is 2. The van der Waals surface area contributed by atoms with Crippen molar-refractivity contribution >= 4 is 33.9 Å². The zero-order valence-corrected chi connectivity index (χ0v) is 16.9. The summed E-state index contributed by atoms with van der Waals surface area (Å²) in [7, 11) is 1.53. The smallest absolute Gasteiger partial charge is 0.301 e. The zero-order valence-electron chi connectivity index (χ0n) is 16.1. The van der Waals surface area contributed by atoms with E-state index in [0.29, 0.717) is 16.9 Å². The van der Waals surface area contributed by atoms with Crippen LogP contribution in [0.5, 0.6) is 5.75 Å². The molecule has 1 aliphatic rings. The first-order valence-electron chi connectivity index (χ1n) is 9.03. The van der Waals surface area contributed by atoms with E-state index < -0.39 is 23.5 Å². The number of anilines is 1. The largest absolute Gasteiger partial charge is 0.507 e. The van der Waals surface area contributed by atoms with Gasteiger partial charge in [-0.1, -0.05) is 12.1 Å². The second-order valence-electron chi connectivity index (χ2n) is 6.72. The molecule has 8 heteroatoms. The van der Waals surface area contributed by atoms with Crippen LogP contribution in [-0.4, -0.2) is 28.9 Å². The van der Waals surface area contributed by atoms with Crippen LogP contribution in [0.3, 0.4) is 0 Å². The van der Waals surface area contributed by atoms with Crippen LogP contribution in [0, 0.1) is 12.7 Å². The molecule has 0 radical (unpaired) electrons. The van der Waals surface area contributed by atoms with Gasteiger partial charge in [0.15, 0.2) is 5.13 Å². The topological polar surface area (TPSA) is 79.7 Å².